The molecule has 0 aliphatic heterocycles. The van der Waals surface area contributed by atoms with Gasteiger partial charge >= 0.3 is 0 Å². The lowest BCUT2D eigenvalue weighted by atomic mass is 10.2. The summed E-state index contributed by atoms with van der Waals surface area (Å²) >= 11 is 0. The van der Waals surface area contributed by atoms with E-state index in [1.165, 1.54) is 0 Å². The molecule has 0 aromatic carbocycles. The van der Waals surface area contributed by atoms with Crippen molar-refractivity contribution in [3.8, 4) is 0 Å². The van der Waals surface area contributed by atoms with Crippen molar-refractivity contribution in [1.29, 1.82) is 0 Å². The van der Waals surface area contributed by atoms with Crippen LogP contribution in [-0.4, -0.2) is 11.8 Å². The SMILES string of the molecule is Cc1cc(C(=O)NNC(=O)c2cc(C)oc2C)c(C)o1. The Labute approximate surface area is 116 Å². The molecule has 0 spiro atoms. The van der Waals surface area contributed by atoms with E-state index in [1.54, 1.807) is 39.8 Å². The van der Waals surface area contributed by atoms with Gasteiger partial charge in [0.2, 0.25) is 0 Å². The third-order valence-electron chi connectivity index (χ3n) is 2.86. The van der Waals surface area contributed by atoms with Crippen LogP contribution in [0.5, 0.6) is 0 Å². The van der Waals surface area contributed by atoms with E-state index in [1.807, 2.05) is 0 Å². The topological polar surface area (TPSA) is 84.5 Å². The van der Waals surface area contributed by atoms with Gasteiger partial charge in [-0.15, -0.1) is 0 Å². The van der Waals surface area contributed by atoms with Crippen LogP contribution in [0.4, 0.5) is 0 Å². The Bertz CT molecular complexity index is 609. The van der Waals surface area contributed by atoms with Gasteiger partial charge in [0.25, 0.3) is 11.8 Å². The number of furan rings is 2. The van der Waals surface area contributed by atoms with E-state index in [2.05, 4.69) is 10.9 Å². The Morgan fingerprint density at radius 2 is 1.15 bits per heavy atom. The first-order valence-corrected chi connectivity index (χ1v) is 6.13. The summed E-state index contributed by atoms with van der Waals surface area (Å²) in [6.07, 6.45) is 0. The van der Waals surface area contributed by atoms with Crippen LogP contribution in [0, 0.1) is 27.7 Å². The lowest BCUT2D eigenvalue weighted by Gasteiger charge is -2.05. The first-order valence-electron chi connectivity index (χ1n) is 6.13. The predicted molar refractivity (Wildman–Crippen MR) is 71.3 cm³/mol. The molecule has 2 rings (SSSR count). The Morgan fingerprint density at radius 3 is 1.40 bits per heavy atom. The number of carbonyl (C=O) groups excluding carboxylic acids is 2. The molecule has 0 bridgehead atoms. The van der Waals surface area contributed by atoms with E-state index in [-0.39, 0.29) is 0 Å². The van der Waals surface area contributed by atoms with Gasteiger partial charge in [0.1, 0.15) is 23.0 Å². The highest BCUT2D eigenvalue weighted by atomic mass is 16.3. The average Bonchev–Trinajstić information content (AvgIpc) is 2.88. The first-order chi connectivity index (χ1) is 9.38. The minimum absolute atomic E-state index is 0.392. The van der Waals surface area contributed by atoms with Crippen LogP contribution in [0.15, 0.2) is 21.0 Å². The number of amides is 2. The molecule has 106 valence electrons. The van der Waals surface area contributed by atoms with Crippen molar-refractivity contribution in [3.63, 3.8) is 0 Å². The van der Waals surface area contributed by atoms with E-state index >= 15 is 0 Å². The smallest absolute Gasteiger partial charge is 0.273 e. The van der Waals surface area contributed by atoms with Crippen LogP contribution in [0.25, 0.3) is 0 Å². The summed E-state index contributed by atoms with van der Waals surface area (Å²) in [5, 5.41) is 0. The highest BCUT2D eigenvalue weighted by molar-refractivity contribution is 6.00. The quantitative estimate of drug-likeness (QED) is 0.823. The summed E-state index contributed by atoms with van der Waals surface area (Å²) in [7, 11) is 0. The van der Waals surface area contributed by atoms with Gasteiger partial charge in [-0.1, -0.05) is 0 Å². The Hall–Kier alpha value is -2.50. The van der Waals surface area contributed by atoms with Crippen LogP contribution in [-0.2, 0) is 0 Å². The molecule has 0 fully saturated rings. The molecule has 2 heterocycles. The van der Waals surface area contributed by atoms with Gasteiger partial charge in [0.05, 0.1) is 11.1 Å². The summed E-state index contributed by atoms with van der Waals surface area (Å²) in [5.41, 5.74) is 5.48. The van der Waals surface area contributed by atoms with Crippen LogP contribution < -0.4 is 10.9 Å². The van der Waals surface area contributed by atoms with Gasteiger partial charge in [0.15, 0.2) is 0 Å². The van der Waals surface area contributed by atoms with Crippen molar-refractivity contribution in [2.75, 3.05) is 0 Å². The molecule has 6 heteroatoms. The molecule has 0 atom stereocenters. The highest BCUT2D eigenvalue weighted by Crippen LogP contribution is 2.14. The minimum Gasteiger partial charge on any atom is -0.466 e. The van der Waals surface area contributed by atoms with Crippen LogP contribution in [0.2, 0.25) is 0 Å². The van der Waals surface area contributed by atoms with Gasteiger partial charge < -0.3 is 8.83 Å². The maximum Gasteiger partial charge on any atom is 0.273 e. The fraction of sp³-hybridized carbons (Fsp3) is 0.286. The second-order valence-electron chi connectivity index (χ2n) is 4.56. The minimum atomic E-state index is -0.425. The molecule has 0 aliphatic carbocycles. The maximum atomic E-state index is 11.9. The molecule has 0 saturated carbocycles. The monoisotopic (exact) mass is 276 g/mol. The lowest BCUT2D eigenvalue weighted by Crippen LogP contribution is -2.41. The van der Waals surface area contributed by atoms with Crippen LogP contribution in [0.1, 0.15) is 43.8 Å². The standard InChI is InChI=1S/C14H16N2O4/c1-7-5-11(9(3)19-7)13(17)15-16-14(18)12-6-8(2)20-10(12)4/h5-6H,1-4H3,(H,15,17)(H,16,18). The molecule has 0 aliphatic rings. The number of hydrazine groups is 1. The number of hydrogen-bond acceptors (Lipinski definition) is 4. The lowest BCUT2D eigenvalue weighted by molar-refractivity contribution is 0.0844. The molecular formula is C14H16N2O4. The van der Waals surface area contributed by atoms with Crippen molar-refractivity contribution in [2.24, 2.45) is 0 Å². The molecule has 6 nitrogen and oxygen atoms in total. The van der Waals surface area contributed by atoms with E-state index in [0.29, 0.717) is 34.2 Å². The molecule has 2 aromatic rings. The predicted octanol–water partition coefficient (Wildman–Crippen LogP) is 2.18. The molecule has 2 amide bonds. The molecule has 2 N–H and O–H groups in total. The third kappa shape index (κ3) is 2.74. The Kier molecular flexibility index (Phi) is 3.65. The third-order valence-corrected chi connectivity index (χ3v) is 2.86. The van der Waals surface area contributed by atoms with Gasteiger partial charge in [-0.3, -0.25) is 20.4 Å². The van der Waals surface area contributed by atoms with Crippen LogP contribution in [0.3, 0.4) is 0 Å². The summed E-state index contributed by atoms with van der Waals surface area (Å²) in [5.74, 6) is 1.44. The zero-order chi connectivity index (χ0) is 14.9. The first kappa shape index (κ1) is 13.9. The van der Waals surface area contributed by atoms with Crippen molar-refractivity contribution >= 4 is 11.8 Å². The van der Waals surface area contributed by atoms with E-state index in [9.17, 15) is 9.59 Å². The highest BCUT2D eigenvalue weighted by Gasteiger charge is 2.17. The van der Waals surface area contributed by atoms with Crippen molar-refractivity contribution < 1.29 is 18.4 Å². The number of nitrogens with one attached hydrogen (secondary N) is 2. The summed E-state index contributed by atoms with van der Waals surface area (Å²) < 4.78 is 10.5. The van der Waals surface area contributed by atoms with E-state index in [4.69, 9.17) is 8.83 Å². The molecule has 2 aromatic heterocycles. The van der Waals surface area contributed by atoms with E-state index in [0.717, 1.165) is 0 Å². The normalized spacial score (nSPS) is 10.4. The zero-order valence-corrected chi connectivity index (χ0v) is 11.8. The average molecular weight is 276 g/mol. The maximum absolute atomic E-state index is 11.9. The van der Waals surface area contributed by atoms with Crippen molar-refractivity contribution in [1.82, 2.24) is 10.9 Å². The number of aryl methyl sites for hydroxylation is 4. The number of carbonyl (C=O) groups is 2. The molecule has 0 unspecified atom stereocenters. The van der Waals surface area contributed by atoms with Gasteiger partial charge in [-0.25, -0.2) is 0 Å². The second-order valence-corrected chi connectivity index (χ2v) is 4.56. The molecule has 0 radical (unpaired) electrons. The molecule has 0 saturated heterocycles. The summed E-state index contributed by atoms with van der Waals surface area (Å²) in [4.78, 5) is 23.8. The van der Waals surface area contributed by atoms with Gasteiger partial charge in [-0.05, 0) is 39.8 Å². The molecular weight excluding hydrogens is 260 g/mol. The fourth-order valence-electron chi connectivity index (χ4n) is 1.96. The largest absolute Gasteiger partial charge is 0.466 e. The van der Waals surface area contributed by atoms with E-state index < -0.39 is 11.8 Å². The fourth-order valence-corrected chi connectivity index (χ4v) is 1.96. The van der Waals surface area contributed by atoms with Gasteiger partial charge in [-0.2, -0.15) is 0 Å². The summed E-state index contributed by atoms with van der Waals surface area (Å²) in [6.45, 7) is 6.88. The van der Waals surface area contributed by atoms with Gasteiger partial charge in [0, 0.05) is 0 Å². The van der Waals surface area contributed by atoms with Crippen molar-refractivity contribution in [3.05, 3.63) is 46.3 Å². The van der Waals surface area contributed by atoms with Crippen molar-refractivity contribution in [2.45, 2.75) is 27.7 Å². The summed E-state index contributed by atoms with van der Waals surface area (Å²) in [6, 6.07) is 3.23. The number of hydrogen-bond donors (Lipinski definition) is 2. The second kappa shape index (κ2) is 5.24. The number of rotatable bonds is 2. The Morgan fingerprint density at radius 1 is 0.800 bits per heavy atom. The van der Waals surface area contributed by atoms with Crippen LogP contribution >= 0.6 is 0 Å². The zero-order valence-electron chi connectivity index (χ0n) is 11.8. The molecule has 20 heavy (non-hydrogen) atoms. The Balaban J connectivity index is 2.02.